The van der Waals surface area contributed by atoms with E-state index in [1.54, 1.807) is 6.07 Å². The average Bonchev–Trinajstić information content (AvgIpc) is 2.72. The molecule has 0 atom stereocenters. The van der Waals surface area contributed by atoms with Crippen molar-refractivity contribution in [3.05, 3.63) is 48.1 Å². The van der Waals surface area contributed by atoms with Gasteiger partial charge in [-0.25, -0.2) is 4.79 Å². The third-order valence-electron chi connectivity index (χ3n) is 1.96. The quantitative estimate of drug-likeness (QED) is 0.673. The van der Waals surface area contributed by atoms with Gasteiger partial charge in [-0.1, -0.05) is 12.2 Å². The van der Waals surface area contributed by atoms with E-state index in [0.29, 0.717) is 11.3 Å². The van der Waals surface area contributed by atoms with Gasteiger partial charge < -0.3 is 9.15 Å². The predicted molar refractivity (Wildman–Crippen MR) is 50.6 cm³/mol. The van der Waals surface area contributed by atoms with Crippen molar-refractivity contribution >= 4 is 5.97 Å². The molecule has 0 aromatic carbocycles. The molecule has 0 saturated carbocycles. The van der Waals surface area contributed by atoms with Crippen molar-refractivity contribution in [2.45, 2.75) is 12.8 Å². The van der Waals surface area contributed by atoms with Crippen LogP contribution in [0.5, 0.6) is 0 Å². The number of hydrogen-bond acceptors (Lipinski definition) is 3. The van der Waals surface area contributed by atoms with Crippen LogP contribution >= 0.6 is 0 Å². The number of allylic oxidation sites excluding steroid dienone is 4. The first-order valence-electron chi connectivity index (χ1n) is 4.46. The summed E-state index contributed by atoms with van der Waals surface area (Å²) in [7, 11) is 0. The van der Waals surface area contributed by atoms with Crippen LogP contribution in [0, 0.1) is 0 Å². The molecule has 72 valence electrons. The highest BCUT2D eigenvalue weighted by Gasteiger charge is 2.11. The molecule has 2 rings (SSSR count). The Bertz CT molecular complexity index is 371. The summed E-state index contributed by atoms with van der Waals surface area (Å²) in [6.07, 6.45) is 10.3. The third-order valence-corrected chi connectivity index (χ3v) is 1.96. The van der Waals surface area contributed by atoms with Gasteiger partial charge in [-0.05, 0) is 18.6 Å². The Morgan fingerprint density at radius 3 is 3.07 bits per heavy atom. The van der Waals surface area contributed by atoms with E-state index in [-0.39, 0.29) is 5.97 Å². The van der Waals surface area contributed by atoms with Crippen molar-refractivity contribution in [3.63, 3.8) is 0 Å². The second-order valence-electron chi connectivity index (χ2n) is 3.00. The summed E-state index contributed by atoms with van der Waals surface area (Å²) >= 11 is 0. The summed E-state index contributed by atoms with van der Waals surface area (Å²) in [4.78, 5) is 11.4. The Hall–Kier alpha value is -1.77. The van der Waals surface area contributed by atoms with E-state index >= 15 is 0 Å². The smallest absolute Gasteiger partial charge is 0.346 e. The SMILES string of the molecule is O=C(OC1=CC=CCC1)c1ccoc1. The van der Waals surface area contributed by atoms with Crippen molar-refractivity contribution < 1.29 is 13.9 Å². The maximum atomic E-state index is 11.4. The standard InChI is InChI=1S/C11H10O3/c12-11(9-6-7-13-8-9)14-10-4-2-1-3-5-10/h1-2,4,6-8H,3,5H2. The van der Waals surface area contributed by atoms with E-state index in [1.165, 1.54) is 12.5 Å². The van der Waals surface area contributed by atoms with Gasteiger partial charge in [0, 0.05) is 6.42 Å². The molecule has 0 fully saturated rings. The van der Waals surface area contributed by atoms with Crippen LogP contribution in [-0.2, 0) is 4.74 Å². The molecule has 3 heteroatoms. The molecule has 0 amide bonds. The van der Waals surface area contributed by atoms with Gasteiger partial charge in [0.15, 0.2) is 0 Å². The van der Waals surface area contributed by atoms with Crippen LogP contribution in [0.4, 0.5) is 0 Å². The van der Waals surface area contributed by atoms with Crippen LogP contribution in [0.25, 0.3) is 0 Å². The van der Waals surface area contributed by atoms with E-state index in [1.807, 2.05) is 18.2 Å². The highest BCUT2D eigenvalue weighted by Crippen LogP contribution is 2.15. The molecule has 1 aromatic heterocycles. The molecular weight excluding hydrogens is 180 g/mol. The van der Waals surface area contributed by atoms with Crippen molar-refractivity contribution in [2.75, 3.05) is 0 Å². The Morgan fingerprint density at radius 1 is 1.50 bits per heavy atom. The minimum Gasteiger partial charge on any atom is -0.472 e. The number of esters is 1. The molecule has 0 saturated heterocycles. The lowest BCUT2D eigenvalue weighted by Crippen LogP contribution is -2.04. The summed E-state index contributed by atoms with van der Waals surface area (Å²) in [5, 5.41) is 0. The Balaban J connectivity index is 2.01. The zero-order chi connectivity index (χ0) is 9.80. The summed E-state index contributed by atoms with van der Waals surface area (Å²) < 4.78 is 9.94. The van der Waals surface area contributed by atoms with E-state index in [0.717, 1.165) is 12.8 Å². The number of carbonyl (C=O) groups excluding carboxylic acids is 1. The second-order valence-corrected chi connectivity index (χ2v) is 3.00. The first-order chi connectivity index (χ1) is 6.86. The topological polar surface area (TPSA) is 39.4 Å². The molecule has 0 radical (unpaired) electrons. The second kappa shape index (κ2) is 3.96. The average molecular weight is 190 g/mol. The summed E-state index contributed by atoms with van der Waals surface area (Å²) in [5.41, 5.74) is 0.445. The monoisotopic (exact) mass is 190 g/mol. The molecule has 0 aliphatic heterocycles. The minimum atomic E-state index is -0.361. The number of hydrogen-bond donors (Lipinski definition) is 0. The molecular formula is C11H10O3. The lowest BCUT2D eigenvalue weighted by molar-refractivity contribution is 0.0613. The van der Waals surface area contributed by atoms with Gasteiger partial charge in [0.05, 0.1) is 11.8 Å². The van der Waals surface area contributed by atoms with Gasteiger partial charge in [-0.15, -0.1) is 0 Å². The molecule has 14 heavy (non-hydrogen) atoms. The fraction of sp³-hybridized carbons (Fsp3) is 0.182. The molecule has 0 N–H and O–H groups in total. The van der Waals surface area contributed by atoms with Crippen molar-refractivity contribution in [1.29, 1.82) is 0 Å². The highest BCUT2D eigenvalue weighted by atomic mass is 16.5. The maximum absolute atomic E-state index is 11.4. The van der Waals surface area contributed by atoms with Gasteiger partial charge in [-0.2, -0.15) is 0 Å². The zero-order valence-corrected chi connectivity index (χ0v) is 7.60. The van der Waals surface area contributed by atoms with Crippen LogP contribution in [-0.4, -0.2) is 5.97 Å². The number of rotatable bonds is 2. The lowest BCUT2D eigenvalue weighted by atomic mass is 10.2. The molecule has 0 unspecified atom stereocenters. The van der Waals surface area contributed by atoms with E-state index < -0.39 is 0 Å². The minimum absolute atomic E-state index is 0.361. The van der Waals surface area contributed by atoms with E-state index in [2.05, 4.69) is 0 Å². The normalized spacial score (nSPS) is 15.0. The molecule has 0 spiro atoms. The molecule has 1 aliphatic carbocycles. The molecule has 1 heterocycles. The van der Waals surface area contributed by atoms with Crippen LogP contribution in [0.15, 0.2) is 47.0 Å². The number of carbonyl (C=O) groups is 1. The van der Waals surface area contributed by atoms with Crippen molar-refractivity contribution in [2.24, 2.45) is 0 Å². The molecule has 1 aliphatic rings. The van der Waals surface area contributed by atoms with Crippen molar-refractivity contribution in [1.82, 2.24) is 0 Å². The van der Waals surface area contributed by atoms with E-state index in [9.17, 15) is 4.79 Å². The van der Waals surface area contributed by atoms with Gasteiger partial charge in [0.1, 0.15) is 12.0 Å². The Labute approximate surface area is 81.7 Å². The molecule has 0 bridgehead atoms. The maximum Gasteiger partial charge on any atom is 0.346 e. The zero-order valence-electron chi connectivity index (χ0n) is 7.60. The van der Waals surface area contributed by atoms with Crippen LogP contribution < -0.4 is 0 Å². The van der Waals surface area contributed by atoms with Crippen LogP contribution in [0.1, 0.15) is 23.2 Å². The molecule has 1 aromatic rings. The Morgan fingerprint density at radius 2 is 2.43 bits per heavy atom. The fourth-order valence-corrected chi connectivity index (χ4v) is 1.22. The fourth-order valence-electron chi connectivity index (χ4n) is 1.22. The lowest BCUT2D eigenvalue weighted by Gasteiger charge is -2.08. The van der Waals surface area contributed by atoms with Gasteiger partial charge in [-0.3, -0.25) is 0 Å². The largest absolute Gasteiger partial charge is 0.472 e. The third kappa shape index (κ3) is 1.93. The predicted octanol–water partition coefficient (Wildman–Crippen LogP) is 2.67. The Kier molecular flexibility index (Phi) is 2.49. The number of ether oxygens (including phenoxy) is 1. The van der Waals surface area contributed by atoms with Crippen LogP contribution in [0.2, 0.25) is 0 Å². The molecule has 3 nitrogen and oxygen atoms in total. The van der Waals surface area contributed by atoms with Crippen molar-refractivity contribution in [3.8, 4) is 0 Å². The first kappa shape index (κ1) is 8.81. The number of furan rings is 1. The van der Waals surface area contributed by atoms with Gasteiger partial charge >= 0.3 is 5.97 Å². The summed E-state index contributed by atoms with van der Waals surface area (Å²) in [6, 6.07) is 1.58. The van der Waals surface area contributed by atoms with Gasteiger partial charge in [0.2, 0.25) is 0 Å². The summed E-state index contributed by atoms with van der Waals surface area (Å²) in [5.74, 6) is 0.346. The highest BCUT2D eigenvalue weighted by molar-refractivity contribution is 5.89. The van der Waals surface area contributed by atoms with Crippen LogP contribution in [0.3, 0.4) is 0 Å². The first-order valence-corrected chi connectivity index (χ1v) is 4.46. The summed E-state index contributed by atoms with van der Waals surface area (Å²) in [6.45, 7) is 0. The van der Waals surface area contributed by atoms with Gasteiger partial charge in [0.25, 0.3) is 0 Å². The van der Waals surface area contributed by atoms with E-state index in [4.69, 9.17) is 9.15 Å².